The maximum absolute atomic E-state index is 13.5. The predicted octanol–water partition coefficient (Wildman–Crippen LogP) is 3.46. The molecule has 2 N–H and O–H groups in total. The van der Waals surface area contributed by atoms with Crippen molar-refractivity contribution in [1.82, 2.24) is 4.90 Å². The van der Waals surface area contributed by atoms with Gasteiger partial charge in [-0.3, -0.25) is 14.5 Å². The smallest absolute Gasteiger partial charge is 0.248 e. The molecule has 0 saturated carbocycles. The predicted molar refractivity (Wildman–Crippen MR) is 116 cm³/mol. The number of nitrogens with zero attached hydrogens (tertiary/aromatic N) is 2. The third-order valence-corrected chi connectivity index (χ3v) is 5.99. The molecular weight excluding hydrogens is 362 g/mol. The second kappa shape index (κ2) is 7.99. The van der Waals surface area contributed by atoms with E-state index in [1.165, 1.54) is 0 Å². The molecule has 5 heteroatoms. The molecule has 2 heterocycles. The van der Waals surface area contributed by atoms with Crippen LogP contribution < -0.4 is 10.6 Å². The molecule has 1 saturated heterocycles. The summed E-state index contributed by atoms with van der Waals surface area (Å²) in [6.45, 7) is 6.95. The number of hydrogen-bond acceptors (Lipinski definition) is 3. The molecule has 5 nitrogen and oxygen atoms in total. The zero-order chi connectivity index (χ0) is 20.5. The summed E-state index contributed by atoms with van der Waals surface area (Å²) in [5, 5.41) is 0. The van der Waals surface area contributed by atoms with Crippen LogP contribution in [0.1, 0.15) is 42.6 Å². The molecule has 2 aliphatic rings. The second-order valence-electron chi connectivity index (χ2n) is 8.54. The van der Waals surface area contributed by atoms with Gasteiger partial charge in [0.25, 0.3) is 0 Å². The molecule has 2 amide bonds. The van der Waals surface area contributed by atoms with E-state index in [1.807, 2.05) is 41.3 Å². The number of hydrogen-bond donors (Lipinski definition) is 1. The number of carbonyl (C=O) groups excluding carboxylic acids is 2. The van der Waals surface area contributed by atoms with Crippen LogP contribution in [0.2, 0.25) is 0 Å². The lowest BCUT2D eigenvalue weighted by Gasteiger charge is -2.29. The van der Waals surface area contributed by atoms with Crippen LogP contribution in [0.3, 0.4) is 0 Å². The standard InChI is InChI=1S/C24H29N3O2/c1-16(2)15-26-11-6-9-21(26)24(29)27-12-10-19-20(17-7-4-3-5-8-17)13-18(23(25)28)14-22(19)27/h3-5,7-8,13-14,16,21H,6,9-12,15H2,1-2H3,(H2,25,28)/t21-/m0/s1. The van der Waals surface area contributed by atoms with Crippen molar-refractivity contribution in [2.45, 2.75) is 39.2 Å². The van der Waals surface area contributed by atoms with E-state index in [1.54, 1.807) is 6.07 Å². The first-order chi connectivity index (χ1) is 14.0. The van der Waals surface area contributed by atoms with E-state index in [4.69, 9.17) is 5.73 Å². The Labute approximate surface area is 172 Å². The van der Waals surface area contributed by atoms with Gasteiger partial charge in [-0.25, -0.2) is 0 Å². The molecule has 2 aromatic carbocycles. The van der Waals surface area contributed by atoms with Crippen molar-refractivity contribution >= 4 is 17.5 Å². The number of fused-ring (bicyclic) bond motifs is 1. The lowest BCUT2D eigenvalue weighted by molar-refractivity contribution is -0.122. The van der Waals surface area contributed by atoms with Gasteiger partial charge in [0.15, 0.2) is 0 Å². The van der Waals surface area contributed by atoms with E-state index in [2.05, 4.69) is 18.7 Å². The Morgan fingerprint density at radius 3 is 2.59 bits per heavy atom. The minimum atomic E-state index is -0.466. The van der Waals surface area contributed by atoms with E-state index in [9.17, 15) is 9.59 Å². The van der Waals surface area contributed by atoms with Crippen molar-refractivity contribution in [2.75, 3.05) is 24.5 Å². The van der Waals surface area contributed by atoms with Crippen molar-refractivity contribution in [1.29, 1.82) is 0 Å². The van der Waals surface area contributed by atoms with Crippen molar-refractivity contribution in [3.8, 4) is 11.1 Å². The highest BCUT2D eigenvalue weighted by Crippen LogP contribution is 2.38. The number of nitrogens with two attached hydrogens (primary N) is 1. The number of anilines is 1. The maximum Gasteiger partial charge on any atom is 0.248 e. The van der Waals surface area contributed by atoms with Crippen molar-refractivity contribution in [3.63, 3.8) is 0 Å². The highest BCUT2D eigenvalue weighted by atomic mass is 16.2. The van der Waals surface area contributed by atoms with E-state index in [0.717, 1.165) is 54.7 Å². The fraction of sp³-hybridized carbons (Fsp3) is 0.417. The Morgan fingerprint density at radius 1 is 1.14 bits per heavy atom. The Kier molecular flexibility index (Phi) is 5.41. The van der Waals surface area contributed by atoms with Crippen LogP contribution in [-0.2, 0) is 11.2 Å². The molecule has 152 valence electrons. The number of rotatable bonds is 5. The van der Waals surface area contributed by atoms with Crippen LogP contribution in [0, 0.1) is 5.92 Å². The molecule has 0 radical (unpaired) electrons. The van der Waals surface area contributed by atoms with Crippen molar-refractivity contribution < 1.29 is 9.59 Å². The summed E-state index contributed by atoms with van der Waals surface area (Å²) in [6.07, 6.45) is 2.75. The maximum atomic E-state index is 13.5. The van der Waals surface area contributed by atoms with Crippen LogP contribution in [0.25, 0.3) is 11.1 Å². The highest BCUT2D eigenvalue weighted by molar-refractivity contribution is 6.03. The molecule has 2 aromatic rings. The van der Waals surface area contributed by atoms with E-state index in [0.29, 0.717) is 18.0 Å². The van der Waals surface area contributed by atoms with E-state index < -0.39 is 5.91 Å². The minimum Gasteiger partial charge on any atom is -0.366 e. The van der Waals surface area contributed by atoms with Gasteiger partial charge in [-0.05, 0) is 60.5 Å². The number of primary amides is 1. The molecule has 1 atom stereocenters. The van der Waals surface area contributed by atoms with Gasteiger partial charge in [-0.1, -0.05) is 44.2 Å². The Morgan fingerprint density at radius 2 is 1.90 bits per heavy atom. The van der Waals surface area contributed by atoms with Crippen LogP contribution in [0.5, 0.6) is 0 Å². The molecule has 0 aliphatic carbocycles. The lowest BCUT2D eigenvalue weighted by Crippen LogP contribution is -2.46. The first-order valence-electron chi connectivity index (χ1n) is 10.5. The summed E-state index contributed by atoms with van der Waals surface area (Å²) in [5.74, 6) is 0.217. The summed E-state index contributed by atoms with van der Waals surface area (Å²) < 4.78 is 0. The molecule has 0 bridgehead atoms. The SMILES string of the molecule is CC(C)CN1CCC[C@H]1C(=O)N1CCc2c(-c3ccccc3)cc(C(N)=O)cc21. The van der Waals surface area contributed by atoms with Gasteiger partial charge in [0, 0.05) is 24.3 Å². The van der Waals surface area contributed by atoms with Gasteiger partial charge in [0.1, 0.15) is 0 Å². The van der Waals surface area contributed by atoms with E-state index in [-0.39, 0.29) is 11.9 Å². The second-order valence-corrected chi connectivity index (χ2v) is 8.54. The monoisotopic (exact) mass is 391 g/mol. The summed E-state index contributed by atoms with van der Waals surface area (Å²) in [6, 6.07) is 13.6. The van der Waals surface area contributed by atoms with Crippen molar-refractivity contribution in [3.05, 3.63) is 53.6 Å². The Bertz CT molecular complexity index is 923. The third kappa shape index (κ3) is 3.79. The normalized spacial score (nSPS) is 19.0. The summed E-state index contributed by atoms with van der Waals surface area (Å²) in [4.78, 5) is 29.7. The fourth-order valence-electron chi connectivity index (χ4n) is 4.72. The molecule has 4 rings (SSSR count). The average Bonchev–Trinajstić information content (AvgIpc) is 3.33. The van der Waals surface area contributed by atoms with Crippen LogP contribution >= 0.6 is 0 Å². The highest BCUT2D eigenvalue weighted by Gasteiger charge is 2.37. The number of carbonyl (C=O) groups is 2. The largest absolute Gasteiger partial charge is 0.366 e. The molecule has 2 aliphatic heterocycles. The lowest BCUT2D eigenvalue weighted by atomic mass is 9.95. The van der Waals surface area contributed by atoms with E-state index >= 15 is 0 Å². The van der Waals surface area contributed by atoms with Crippen LogP contribution in [0.15, 0.2) is 42.5 Å². The number of amides is 2. The first-order valence-corrected chi connectivity index (χ1v) is 10.5. The topological polar surface area (TPSA) is 66.6 Å². The molecule has 0 aromatic heterocycles. The zero-order valence-corrected chi connectivity index (χ0v) is 17.2. The van der Waals surface area contributed by atoms with Gasteiger partial charge in [0.05, 0.1) is 6.04 Å². The molecule has 0 spiro atoms. The average molecular weight is 392 g/mol. The Hall–Kier alpha value is -2.66. The third-order valence-electron chi connectivity index (χ3n) is 5.99. The van der Waals surface area contributed by atoms with Crippen LogP contribution in [-0.4, -0.2) is 42.4 Å². The van der Waals surface area contributed by atoms with Gasteiger partial charge in [-0.15, -0.1) is 0 Å². The summed E-state index contributed by atoms with van der Waals surface area (Å²) in [7, 11) is 0. The number of likely N-dealkylation sites (tertiary alicyclic amines) is 1. The Balaban J connectivity index is 1.72. The van der Waals surface area contributed by atoms with Gasteiger partial charge in [0.2, 0.25) is 11.8 Å². The van der Waals surface area contributed by atoms with Crippen molar-refractivity contribution in [2.24, 2.45) is 11.7 Å². The molecular formula is C24H29N3O2. The minimum absolute atomic E-state index is 0.0687. The first kappa shape index (κ1) is 19.6. The van der Waals surface area contributed by atoms with Gasteiger partial charge in [-0.2, -0.15) is 0 Å². The summed E-state index contributed by atoms with van der Waals surface area (Å²) in [5.41, 5.74) is 10.1. The molecule has 29 heavy (non-hydrogen) atoms. The molecule has 1 fully saturated rings. The van der Waals surface area contributed by atoms with Gasteiger partial charge < -0.3 is 10.6 Å². The quantitative estimate of drug-likeness (QED) is 0.849. The van der Waals surface area contributed by atoms with Gasteiger partial charge >= 0.3 is 0 Å². The number of benzene rings is 2. The molecule has 0 unspecified atom stereocenters. The summed E-state index contributed by atoms with van der Waals surface area (Å²) >= 11 is 0. The zero-order valence-electron chi connectivity index (χ0n) is 17.2. The fourth-order valence-corrected chi connectivity index (χ4v) is 4.72. The van der Waals surface area contributed by atoms with Crippen LogP contribution in [0.4, 0.5) is 5.69 Å².